The first kappa shape index (κ1) is 20.0. The van der Waals surface area contributed by atoms with Crippen LogP contribution in [0.15, 0.2) is 70.0 Å². The Morgan fingerprint density at radius 2 is 1.82 bits per heavy atom. The Morgan fingerprint density at radius 3 is 2.50 bits per heavy atom. The number of carbonyl (C=O) groups excluding carboxylic acids is 1. The van der Waals surface area contributed by atoms with Crippen molar-refractivity contribution >= 4 is 33.2 Å². The molecule has 1 unspecified atom stereocenters. The zero-order valence-electron chi connectivity index (χ0n) is 15.3. The Morgan fingerprint density at radius 1 is 1.07 bits per heavy atom. The Kier molecular flexibility index (Phi) is 5.76. The summed E-state index contributed by atoms with van der Waals surface area (Å²) >= 11 is 5.89. The van der Waals surface area contributed by atoms with Crippen molar-refractivity contribution in [1.82, 2.24) is 5.32 Å². The lowest BCUT2D eigenvalue weighted by Gasteiger charge is -2.13. The molecule has 28 heavy (non-hydrogen) atoms. The van der Waals surface area contributed by atoms with Gasteiger partial charge in [-0.15, -0.1) is 0 Å². The van der Waals surface area contributed by atoms with Crippen LogP contribution in [0.4, 0.5) is 5.69 Å². The molecule has 146 valence electrons. The van der Waals surface area contributed by atoms with E-state index >= 15 is 0 Å². The fraction of sp³-hybridized carbons (Fsp3) is 0.150. The van der Waals surface area contributed by atoms with Crippen LogP contribution < -0.4 is 10.0 Å². The minimum absolute atomic E-state index is 0.0263. The maximum atomic E-state index is 12.6. The van der Waals surface area contributed by atoms with Crippen molar-refractivity contribution in [2.45, 2.75) is 24.8 Å². The van der Waals surface area contributed by atoms with E-state index in [2.05, 4.69) is 10.0 Å². The molecule has 1 amide bonds. The molecular formula is C20H19ClN2O4S. The number of aryl methyl sites for hydroxylation is 1. The summed E-state index contributed by atoms with van der Waals surface area (Å²) in [5.74, 6) is 0.967. The summed E-state index contributed by atoms with van der Waals surface area (Å²) in [6, 6.07) is 15.4. The van der Waals surface area contributed by atoms with Crippen LogP contribution in [-0.2, 0) is 10.0 Å². The quantitative estimate of drug-likeness (QED) is 0.615. The molecule has 3 aromatic rings. The molecule has 0 saturated carbocycles. The monoisotopic (exact) mass is 418 g/mol. The second-order valence-corrected chi connectivity index (χ2v) is 8.41. The topological polar surface area (TPSA) is 88.4 Å². The second kappa shape index (κ2) is 8.08. The van der Waals surface area contributed by atoms with E-state index in [0.29, 0.717) is 16.5 Å². The third-order valence-electron chi connectivity index (χ3n) is 4.02. The van der Waals surface area contributed by atoms with Gasteiger partial charge in [-0.3, -0.25) is 9.52 Å². The van der Waals surface area contributed by atoms with Crippen LogP contribution in [0.2, 0.25) is 5.02 Å². The second-order valence-electron chi connectivity index (χ2n) is 6.29. The third-order valence-corrected chi connectivity index (χ3v) is 5.63. The van der Waals surface area contributed by atoms with Gasteiger partial charge in [0.25, 0.3) is 15.9 Å². The molecule has 1 heterocycles. The molecule has 0 radical (unpaired) electrons. The first-order chi connectivity index (χ1) is 13.2. The van der Waals surface area contributed by atoms with Gasteiger partial charge in [0.05, 0.1) is 16.6 Å². The predicted molar refractivity (Wildman–Crippen MR) is 108 cm³/mol. The number of furan rings is 1. The van der Waals surface area contributed by atoms with Gasteiger partial charge < -0.3 is 9.73 Å². The van der Waals surface area contributed by atoms with E-state index in [9.17, 15) is 13.2 Å². The number of anilines is 1. The van der Waals surface area contributed by atoms with Crippen LogP contribution in [0.5, 0.6) is 0 Å². The smallest absolute Gasteiger partial charge is 0.261 e. The number of amides is 1. The summed E-state index contributed by atoms with van der Waals surface area (Å²) in [6.07, 6.45) is 0. The number of hydrogen-bond donors (Lipinski definition) is 2. The maximum Gasteiger partial charge on any atom is 0.261 e. The molecule has 2 aromatic carbocycles. The van der Waals surface area contributed by atoms with Gasteiger partial charge in [-0.1, -0.05) is 23.7 Å². The van der Waals surface area contributed by atoms with Crippen molar-refractivity contribution < 1.29 is 17.6 Å². The molecule has 0 spiro atoms. The van der Waals surface area contributed by atoms with Crippen molar-refractivity contribution in [2.24, 2.45) is 0 Å². The first-order valence-electron chi connectivity index (χ1n) is 8.50. The average Bonchev–Trinajstić information content (AvgIpc) is 3.08. The Bertz CT molecular complexity index is 1110. The summed E-state index contributed by atoms with van der Waals surface area (Å²) < 4.78 is 33.2. The first-order valence-corrected chi connectivity index (χ1v) is 10.4. The van der Waals surface area contributed by atoms with Crippen LogP contribution in [-0.4, -0.2) is 14.3 Å². The van der Waals surface area contributed by atoms with Crippen molar-refractivity contribution in [3.05, 3.63) is 82.8 Å². The standard InChI is InChI=1S/C20H19ClN2O4S/c1-13-9-10-19(27-13)14(2)22-20(24)15-5-3-8-18(11-15)28(25,26)23-17-7-4-6-16(21)12-17/h3-12,14,23H,1-2H3,(H,22,24). The summed E-state index contributed by atoms with van der Waals surface area (Å²) in [5.41, 5.74) is 0.563. The van der Waals surface area contributed by atoms with Gasteiger partial charge in [-0.05, 0) is 62.4 Å². The van der Waals surface area contributed by atoms with Gasteiger partial charge in [0.2, 0.25) is 0 Å². The van der Waals surface area contributed by atoms with Gasteiger partial charge in [-0.25, -0.2) is 8.42 Å². The molecule has 0 aliphatic heterocycles. The highest BCUT2D eigenvalue weighted by Crippen LogP contribution is 2.21. The number of hydrogen-bond acceptors (Lipinski definition) is 4. The van der Waals surface area contributed by atoms with E-state index in [4.69, 9.17) is 16.0 Å². The fourth-order valence-corrected chi connectivity index (χ4v) is 3.89. The largest absolute Gasteiger partial charge is 0.464 e. The lowest BCUT2D eigenvalue weighted by atomic mass is 10.2. The fourth-order valence-electron chi connectivity index (χ4n) is 2.61. The van der Waals surface area contributed by atoms with E-state index in [1.165, 1.54) is 24.3 Å². The molecule has 3 rings (SSSR count). The number of carbonyl (C=O) groups is 1. The molecule has 1 aromatic heterocycles. The third kappa shape index (κ3) is 4.74. The normalized spacial score (nSPS) is 12.4. The van der Waals surface area contributed by atoms with E-state index < -0.39 is 15.9 Å². The van der Waals surface area contributed by atoms with Crippen LogP contribution in [0.25, 0.3) is 0 Å². The Hall–Kier alpha value is -2.77. The molecule has 6 nitrogen and oxygen atoms in total. The zero-order chi connectivity index (χ0) is 20.3. The maximum absolute atomic E-state index is 12.6. The van der Waals surface area contributed by atoms with Crippen LogP contribution in [0.3, 0.4) is 0 Å². The van der Waals surface area contributed by atoms with E-state index in [1.807, 2.05) is 13.0 Å². The number of rotatable bonds is 6. The average molecular weight is 419 g/mol. The minimum Gasteiger partial charge on any atom is -0.464 e. The minimum atomic E-state index is -3.87. The number of nitrogens with one attached hydrogen (secondary N) is 2. The zero-order valence-corrected chi connectivity index (χ0v) is 16.8. The summed E-state index contributed by atoms with van der Waals surface area (Å²) in [4.78, 5) is 12.5. The van der Waals surface area contributed by atoms with E-state index in [1.54, 1.807) is 37.3 Å². The summed E-state index contributed by atoms with van der Waals surface area (Å²) in [5, 5.41) is 3.21. The number of sulfonamides is 1. The molecule has 0 saturated heterocycles. The Balaban J connectivity index is 1.78. The lowest BCUT2D eigenvalue weighted by Crippen LogP contribution is -2.26. The van der Waals surface area contributed by atoms with Crippen molar-refractivity contribution in [2.75, 3.05) is 4.72 Å². The predicted octanol–water partition coefficient (Wildman–Crippen LogP) is 4.53. The van der Waals surface area contributed by atoms with Crippen molar-refractivity contribution in [1.29, 1.82) is 0 Å². The Labute approximate surface area is 168 Å². The highest BCUT2D eigenvalue weighted by atomic mass is 35.5. The number of benzene rings is 2. The molecular weight excluding hydrogens is 400 g/mol. The highest BCUT2D eigenvalue weighted by molar-refractivity contribution is 7.92. The molecule has 1 atom stereocenters. The van der Waals surface area contributed by atoms with Crippen molar-refractivity contribution in [3.63, 3.8) is 0 Å². The summed E-state index contributed by atoms with van der Waals surface area (Å²) in [7, 11) is -3.87. The van der Waals surface area contributed by atoms with Crippen LogP contribution in [0, 0.1) is 6.92 Å². The molecule has 0 aliphatic rings. The van der Waals surface area contributed by atoms with E-state index in [-0.39, 0.29) is 16.5 Å². The molecule has 0 fully saturated rings. The molecule has 0 aliphatic carbocycles. The van der Waals surface area contributed by atoms with Gasteiger partial charge in [0.1, 0.15) is 11.5 Å². The SMILES string of the molecule is Cc1ccc(C(C)NC(=O)c2cccc(S(=O)(=O)Nc3cccc(Cl)c3)c2)o1. The molecule has 2 N–H and O–H groups in total. The van der Waals surface area contributed by atoms with Gasteiger partial charge in [-0.2, -0.15) is 0 Å². The van der Waals surface area contributed by atoms with E-state index in [0.717, 1.165) is 5.76 Å². The van der Waals surface area contributed by atoms with Crippen molar-refractivity contribution in [3.8, 4) is 0 Å². The number of halogens is 1. The molecule has 8 heteroatoms. The van der Waals surface area contributed by atoms with Crippen LogP contribution >= 0.6 is 11.6 Å². The lowest BCUT2D eigenvalue weighted by molar-refractivity contribution is 0.0935. The molecule has 0 bridgehead atoms. The highest BCUT2D eigenvalue weighted by Gasteiger charge is 2.18. The summed E-state index contributed by atoms with van der Waals surface area (Å²) in [6.45, 7) is 3.61. The van der Waals surface area contributed by atoms with Gasteiger partial charge >= 0.3 is 0 Å². The van der Waals surface area contributed by atoms with Crippen LogP contribution in [0.1, 0.15) is 34.8 Å². The van der Waals surface area contributed by atoms with Gasteiger partial charge in [0, 0.05) is 10.6 Å². The van der Waals surface area contributed by atoms with Gasteiger partial charge in [0.15, 0.2) is 0 Å².